The van der Waals surface area contributed by atoms with Crippen molar-refractivity contribution in [1.29, 1.82) is 0 Å². The van der Waals surface area contributed by atoms with Gasteiger partial charge in [0.1, 0.15) is 17.3 Å². The van der Waals surface area contributed by atoms with E-state index in [-0.39, 0.29) is 23.4 Å². The van der Waals surface area contributed by atoms with Crippen molar-refractivity contribution in [2.45, 2.75) is 33.6 Å². The monoisotopic (exact) mass is 400 g/mol. The fraction of sp³-hybridized carbons (Fsp3) is 0.364. The Labute approximate surface area is 168 Å². The van der Waals surface area contributed by atoms with Crippen LogP contribution in [-0.4, -0.2) is 17.3 Å². The van der Waals surface area contributed by atoms with Crippen LogP contribution in [0.1, 0.15) is 38.0 Å². The summed E-state index contributed by atoms with van der Waals surface area (Å²) in [4.78, 5) is 25.7. The van der Waals surface area contributed by atoms with Crippen molar-refractivity contribution in [3.05, 3.63) is 52.6 Å². The number of hydrogen-bond acceptors (Lipinski definition) is 5. The SMILES string of the molecule is CCCC(C(C)=O)C1CSS/C(=C/c2ccc(-c3ccc(C)cc3)o2)C1=O. The topological polar surface area (TPSA) is 47.3 Å². The van der Waals surface area contributed by atoms with Gasteiger partial charge in [0, 0.05) is 23.2 Å². The third kappa shape index (κ3) is 4.77. The zero-order valence-electron chi connectivity index (χ0n) is 15.9. The van der Waals surface area contributed by atoms with Gasteiger partial charge >= 0.3 is 0 Å². The number of hydrogen-bond donors (Lipinski definition) is 0. The Balaban J connectivity index is 1.81. The van der Waals surface area contributed by atoms with Crippen molar-refractivity contribution in [3.63, 3.8) is 0 Å². The molecule has 0 saturated carbocycles. The van der Waals surface area contributed by atoms with Gasteiger partial charge in [0.25, 0.3) is 0 Å². The molecule has 1 fully saturated rings. The fourth-order valence-electron chi connectivity index (χ4n) is 3.30. The Bertz CT molecular complexity index is 849. The molecule has 2 aromatic rings. The molecule has 3 nitrogen and oxygen atoms in total. The predicted molar refractivity (Wildman–Crippen MR) is 114 cm³/mol. The number of carbonyl (C=O) groups is 2. The first kappa shape index (κ1) is 20.0. The van der Waals surface area contributed by atoms with E-state index >= 15 is 0 Å². The minimum Gasteiger partial charge on any atom is -0.457 e. The molecular weight excluding hydrogens is 376 g/mol. The van der Waals surface area contributed by atoms with Gasteiger partial charge in [0.15, 0.2) is 5.78 Å². The number of allylic oxidation sites excluding steroid dienone is 1. The van der Waals surface area contributed by atoms with E-state index in [0.717, 1.165) is 24.2 Å². The van der Waals surface area contributed by atoms with E-state index in [1.54, 1.807) is 17.7 Å². The second-order valence-electron chi connectivity index (χ2n) is 6.92. The van der Waals surface area contributed by atoms with Gasteiger partial charge in [-0.2, -0.15) is 0 Å². The van der Waals surface area contributed by atoms with E-state index < -0.39 is 0 Å². The number of Topliss-reactive ketones (excluding diaryl/α,β-unsaturated/α-hetero) is 2. The molecule has 0 spiro atoms. The van der Waals surface area contributed by atoms with Gasteiger partial charge < -0.3 is 4.42 Å². The quantitative estimate of drug-likeness (QED) is 0.428. The molecule has 0 amide bonds. The van der Waals surface area contributed by atoms with Gasteiger partial charge in [0.05, 0.1) is 4.91 Å². The smallest absolute Gasteiger partial charge is 0.174 e. The molecule has 1 aromatic heterocycles. The molecule has 1 aliphatic heterocycles. The maximum Gasteiger partial charge on any atom is 0.174 e. The molecule has 0 aliphatic carbocycles. The molecule has 27 heavy (non-hydrogen) atoms. The summed E-state index contributed by atoms with van der Waals surface area (Å²) in [6.07, 6.45) is 3.48. The second-order valence-corrected chi connectivity index (χ2v) is 9.30. The van der Waals surface area contributed by atoms with Crippen LogP contribution in [0, 0.1) is 18.8 Å². The molecule has 2 atom stereocenters. The van der Waals surface area contributed by atoms with Crippen molar-refractivity contribution in [2.24, 2.45) is 11.8 Å². The molecular formula is C22H24O3S2. The summed E-state index contributed by atoms with van der Waals surface area (Å²) < 4.78 is 5.93. The molecule has 5 heteroatoms. The summed E-state index contributed by atoms with van der Waals surface area (Å²) in [5.74, 6) is 1.91. The summed E-state index contributed by atoms with van der Waals surface area (Å²) in [5.41, 5.74) is 2.21. The summed E-state index contributed by atoms with van der Waals surface area (Å²) in [7, 11) is 3.13. The standard InChI is InChI=1S/C22H24O3S2/c1-4-5-18(15(3)23)19-13-26-27-21(22(19)24)12-17-10-11-20(25-17)16-8-6-14(2)7-9-16/h6-12,18-19H,4-5,13H2,1-3H3/b21-12+. The van der Waals surface area contributed by atoms with E-state index in [1.165, 1.54) is 16.4 Å². The average Bonchev–Trinajstić information content (AvgIpc) is 3.11. The van der Waals surface area contributed by atoms with Crippen molar-refractivity contribution in [2.75, 3.05) is 5.75 Å². The highest BCUT2D eigenvalue weighted by Crippen LogP contribution is 2.43. The van der Waals surface area contributed by atoms with Crippen LogP contribution in [0.5, 0.6) is 0 Å². The lowest BCUT2D eigenvalue weighted by atomic mass is 9.83. The molecule has 142 valence electrons. The Hall–Kier alpha value is -1.72. The summed E-state index contributed by atoms with van der Waals surface area (Å²) in [6, 6.07) is 12.0. The Kier molecular flexibility index (Phi) is 6.66. The van der Waals surface area contributed by atoms with Crippen LogP contribution in [0.3, 0.4) is 0 Å². The third-order valence-corrected chi connectivity index (χ3v) is 7.23. The average molecular weight is 401 g/mol. The van der Waals surface area contributed by atoms with Crippen LogP contribution in [0.2, 0.25) is 0 Å². The van der Waals surface area contributed by atoms with Crippen LogP contribution in [0.25, 0.3) is 17.4 Å². The molecule has 0 N–H and O–H groups in total. The van der Waals surface area contributed by atoms with Crippen molar-refractivity contribution in [3.8, 4) is 11.3 Å². The van der Waals surface area contributed by atoms with Crippen molar-refractivity contribution >= 4 is 39.2 Å². The lowest BCUT2D eigenvalue weighted by molar-refractivity contribution is -0.128. The lowest BCUT2D eigenvalue weighted by Gasteiger charge is -2.27. The van der Waals surface area contributed by atoms with Crippen molar-refractivity contribution in [1.82, 2.24) is 0 Å². The van der Waals surface area contributed by atoms with E-state index in [2.05, 4.69) is 13.8 Å². The molecule has 3 rings (SSSR count). The largest absolute Gasteiger partial charge is 0.457 e. The highest BCUT2D eigenvalue weighted by atomic mass is 33.1. The van der Waals surface area contributed by atoms with Crippen molar-refractivity contribution < 1.29 is 14.0 Å². The van der Waals surface area contributed by atoms with E-state index in [0.29, 0.717) is 16.4 Å². The van der Waals surface area contributed by atoms with Crippen LogP contribution in [0.15, 0.2) is 45.7 Å². The van der Waals surface area contributed by atoms with Gasteiger partial charge in [-0.05, 0) is 38.5 Å². The van der Waals surface area contributed by atoms with Crippen LogP contribution >= 0.6 is 21.6 Å². The van der Waals surface area contributed by atoms with E-state index in [4.69, 9.17) is 4.42 Å². The Morgan fingerprint density at radius 2 is 2.00 bits per heavy atom. The summed E-state index contributed by atoms with van der Waals surface area (Å²) >= 11 is 0. The number of rotatable bonds is 6. The van der Waals surface area contributed by atoms with E-state index in [1.807, 2.05) is 42.5 Å². The van der Waals surface area contributed by atoms with Crippen LogP contribution < -0.4 is 0 Å². The zero-order chi connectivity index (χ0) is 19.4. The second kappa shape index (κ2) is 8.98. The summed E-state index contributed by atoms with van der Waals surface area (Å²) in [6.45, 7) is 5.70. The maximum atomic E-state index is 13.0. The normalized spacial score (nSPS) is 20.0. The number of carbonyl (C=O) groups excluding carboxylic acids is 2. The molecule has 0 radical (unpaired) electrons. The Morgan fingerprint density at radius 1 is 1.26 bits per heavy atom. The van der Waals surface area contributed by atoms with Gasteiger partial charge in [-0.1, -0.05) is 64.8 Å². The molecule has 0 bridgehead atoms. The van der Waals surface area contributed by atoms with Crippen LogP contribution in [-0.2, 0) is 9.59 Å². The highest BCUT2D eigenvalue weighted by molar-refractivity contribution is 8.78. The first-order valence-corrected chi connectivity index (χ1v) is 11.5. The number of aryl methyl sites for hydroxylation is 1. The minimum absolute atomic E-state index is 0.0701. The number of benzene rings is 1. The zero-order valence-corrected chi connectivity index (χ0v) is 17.5. The van der Waals surface area contributed by atoms with E-state index in [9.17, 15) is 9.59 Å². The first-order chi connectivity index (χ1) is 13.0. The molecule has 2 unspecified atom stereocenters. The molecule has 1 aliphatic rings. The molecule has 2 heterocycles. The van der Waals surface area contributed by atoms with Gasteiger partial charge in [-0.25, -0.2) is 0 Å². The number of furan rings is 1. The third-order valence-electron chi connectivity index (χ3n) is 4.82. The fourth-order valence-corrected chi connectivity index (χ4v) is 5.83. The highest BCUT2D eigenvalue weighted by Gasteiger charge is 2.36. The lowest BCUT2D eigenvalue weighted by Crippen LogP contribution is -2.32. The number of ketones is 2. The first-order valence-electron chi connectivity index (χ1n) is 9.22. The van der Waals surface area contributed by atoms with Gasteiger partial charge in [-0.15, -0.1) is 0 Å². The predicted octanol–water partition coefficient (Wildman–Crippen LogP) is 6.18. The summed E-state index contributed by atoms with van der Waals surface area (Å²) in [5, 5.41) is 0. The molecule has 1 saturated heterocycles. The minimum atomic E-state index is -0.230. The van der Waals surface area contributed by atoms with Gasteiger partial charge in [0.2, 0.25) is 0 Å². The van der Waals surface area contributed by atoms with Gasteiger partial charge in [-0.3, -0.25) is 9.59 Å². The van der Waals surface area contributed by atoms with Crippen LogP contribution in [0.4, 0.5) is 0 Å². The Morgan fingerprint density at radius 3 is 2.67 bits per heavy atom. The maximum absolute atomic E-state index is 13.0. The molecule has 1 aromatic carbocycles.